The highest BCUT2D eigenvalue weighted by molar-refractivity contribution is 5.71. The largest absolute Gasteiger partial charge is 0.353 e. The number of nitrogens with zero attached hydrogens (tertiary/aromatic N) is 6. The molecule has 0 N–H and O–H groups in total. The second-order valence-electron chi connectivity index (χ2n) is 10.6. The molecule has 1 aliphatic rings. The second kappa shape index (κ2) is 12.1. The predicted octanol–water partition coefficient (Wildman–Crippen LogP) is 5.41. The summed E-state index contributed by atoms with van der Waals surface area (Å²) in [6.07, 6.45) is 1.48. The van der Waals surface area contributed by atoms with Crippen molar-refractivity contribution in [3.05, 3.63) is 88.2 Å². The fraction of sp³-hybridized carbons (Fsp3) is 0.448. The third kappa shape index (κ3) is 6.43. The molecule has 0 aliphatic carbocycles. The molecule has 37 heavy (non-hydrogen) atoms. The van der Waals surface area contributed by atoms with Crippen molar-refractivity contribution < 1.29 is 4.92 Å². The van der Waals surface area contributed by atoms with Gasteiger partial charge in [0, 0.05) is 39.3 Å². The van der Waals surface area contributed by atoms with Crippen molar-refractivity contribution in [3.63, 3.8) is 0 Å². The van der Waals surface area contributed by atoms with Crippen LogP contribution < -0.4 is 9.80 Å². The van der Waals surface area contributed by atoms with Crippen LogP contribution in [0.15, 0.2) is 67.0 Å². The number of hydrogen-bond acceptors (Lipinski definition) is 7. The summed E-state index contributed by atoms with van der Waals surface area (Å²) >= 11 is 0. The van der Waals surface area contributed by atoms with Gasteiger partial charge in [-0.05, 0) is 23.0 Å². The standard InChI is InChI=1S/C29H38N6O2/c1-22(2)19-34(20-23(3)4)29-27(35(36)37)28(30-21-31-29)33-17-15-32(16-18-33)26(24-11-7-5-8-12-24)25-13-9-6-10-14-25/h5-14,21-23,26H,15-20H2,1-4H3. The molecule has 4 rings (SSSR count). The quantitative estimate of drug-likeness (QED) is 0.271. The van der Waals surface area contributed by atoms with E-state index in [1.807, 2.05) is 12.1 Å². The summed E-state index contributed by atoms with van der Waals surface area (Å²) in [7, 11) is 0. The van der Waals surface area contributed by atoms with Gasteiger partial charge in [-0.2, -0.15) is 0 Å². The number of nitro groups is 1. The molecule has 0 bridgehead atoms. The molecule has 1 saturated heterocycles. The fourth-order valence-corrected chi connectivity index (χ4v) is 5.19. The third-order valence-electron chi connectivity index (χ3n) is 6.65. The van der Waals surface area contributed by atoms with Crippen LogP contribution in [-0.2, 0) is 0 Å². The van der Waals surface area contributed by atoms with Crippen LogP contribution >= 0.6 is 0 Å². The Labute approximate surface area is 220 Å². The van der Waals surface area contributed by atoms with Crippen LogP contribution in [0.5, 0.6) is 0 Å². The van der Waals surface area contributed by atoms with Crippen molar-refractivity contribution in [3.8, 4) is 0 Å². The van der Waals surface area contributed by atoms with Crippen LogP contribution in [0.4, 0.5) is 17.3 Å². The molecule has 8 nitrogen and oxygen atoms in total. The van der Waals surface area contributed by atoms with Gasteiger partial charge in [0.2, 0.25) is 11.6 Å². The lowest BCUT2D eigenvalue weighted by Crippen LogP contribution is -2.48. The van der Waals surface area contributed by atoms with Crippen molar-refractivity contribution in [1.29, 1.82) is 0 Å². The molecule has 8 heteroatoms. The number of anilines is 2. The van der Waals surface area contributed by atoms with Gasteiger partial charge in [0.25, 0.3) is 0 Å². The summed E-state index contributed by atoms with van der Waals surface area (Å²) in [4.78, 5) is 27.5. The zero-order valence-electron chi connectivity index (χ0n) is 22.3. The maximum absolute atomic E-state index is 12.4. The van der Waals surface area contributed by atoms with Crippen LogP contribution in [0.2, 0.25) is 0 Å². The van der Waals surface area contributed by atoms with Gasteiger partial charge < -0.3 is 9.80 Å². The van der Waals surface area contributed by atoms with E-state index in [0.717, 1.165) is 13.1 Å². The molecule has 0 atom stereocenters. The van der Waals surface area contributed by atoms with Gasteiger partial charge in [-0.1, -0.05) is 88.4 Å². The summed E-state index contributed by atoms with van der Waals surface area (Å²) in [6, 6.07) is 21.2. The number of rotatable bonds is 10. The van der Waals surface area contributed by atoms with Gasteiger partial charge in [0.05, 0.1) is 11.0 Å². The minimum atomic E-state index is -0.304. The van der Waals surface area contributed by atoms with Crippen molar-refractivity contribution in [1.82, 2.24) is 14.9 Å². The molecule has 1 aliphatic heterocycles. The number of aromatic nitrogens is 2. The Balaban J connectivity index is 1.60. The van der Waals surface area contributed by atoms with Crippen molar-refractivity contribution >= 4 is 17.3 Å². The first-order valence-electron chi connectivity index (χ1n) is 13.2. The first kappa shape index (κ1) is 26.5. The fourth-order valence-electron chi connectivity index (χ4n) is 5.19. The molecule has 0 spiro atoms. The highest BCUT2D eigenvalue weighted by Crippen LogP contribution is 2.36. The van der Waals surface area contributed by atoms with E-state index in [2.05, 4.69) is 101 Å². The lowest BCUT2D eigenvalue weighted by Gasteiger charge is -2.40. The van der Waals surface area contributed by atoms with Crippen LogP contribution in [0, 0.1) is 22.0 Å². The molecule has 2 heterocycles. The Morgan fingerprint density at radius 3 is 1.81 bits per heavy atom. The van der Waals surface area contributed by atoms with Crippen LogP contribution in [-0.4, -0.2) is 59.1 Å². The topological polar surface area (TPSA) is 78.6 Å². The first-order valence-corrected chi connectivity index (χ1v) is 13.2. The minimum Gasteiger partial charge on any atom is -0.350 e. The van der Waals surface area contributed by atoms with E-state index in [1.54, 1.807) is 0 Å². The smallest absolute Gasteiger partial charge is 0.350 e. The first-order chi connectivity index (χ1) is 17.8. The highest BCUT2D eigenvalue weighted by Gasteiger charge is 2.33. The molecule has 1 aromatic heterocycles. The SMILES string of the molecule is CC(C)CN(CC(C)C)c1ncnc(N2CCN(C(c3ccccc3)c3ccccc3)CC2)c1[N+](=O)[O-]. The molecule has 2 aromatic carbocycles. The van der Waals surface area contributed by atoms with Crippen molar-refractivity contribution in [2.45, 2.75) is 33.7 Å². The van der Waals surface area contributed by atoms with E-state index in [4.69, 9.17) is 0 Å². The van der Waals surface area contributed by atoms with E-state index in [0.29, 0.717) is 49.7 Å². The van der Waals surface area contributed by atoms with Crippen molar-refractivity contribution in [2.75, 3.05) is 49.1 Å². The molecule has 3 aromatic rings. The van der Waals surface area contributed by atoms with Gasteiger partial charge in [-0.25, -0.2) is 9.97 Å². The summed E-state index contributed by atoms with van der Waals surface area (Å²) < 4.78 is 0. The van der Waals surface area contributed by atoms with E-state index in [9.17, 15) is 10.1 Å². The van der Waals surface area contributed by atoms with Gasteiger partial charge in [-0.15, -0.1) is 0 Å². The van der Waals surface area contributed by atoms with Gasteiger partial charge in [0.15, 0.2) is 0 Å². The molecule has 1 fully saturated rings. The Bertz CT molecular complexity index is 1100. The minimum absolute atomic E-state index is 0.0138. The average molecular weight is 503 g/mol. The highest BCUT2D eigenvalue weighted by atomic mass is 16.6. The van der Waals surface area contributed by atoms with E-state index < -0.39 is 0 Å². The normalized spacial score (nSPS) is 14.5. The van der Waals surface area contributed by atoms with Gasteiger partial charge in [0.1, 0.15) is 6.33 Å². The van der Waals surface area contributed by atoms with Crippen LogP contribution in [0.1, 0.15) is 44.9 Å². The zero-order chi connectivity index (χ0) is 26.4. The summed E-state index contributed by atoms with van der Waals surface area (Å²) in [5.41, 5.74) is 2.51. The molecule has 0 amide bonds. The molecular weight excluding hydrogens is 464 g/mol. The van der Waals surface area contributed by atoms with Crippen LogP contribution in [0.3, 0.4) is 0 Å². The number of benzene rings is 2. The van der Waals surface area contributed by atoms with E-state index >= 15 is 0 Å². The zero-order valence-corrected chi connectivity index (χ0v) is 22.3. The summed E-state index contributed by atoms with van der Waals surface area (Å²) in [6.45, 7) is 12.8. The molecule has 0 radical (unpaired) electrons. The predicted molar refractivity (Wildman–Crippen MR) is 149 cm³/mol. The van der Waals surface area contributed by atoms with E-state index in [-0.39, 0.29) is 16.7 Å². The Kier molecular flexibility index (Phi) is 8.71. The number of hydrogen-bond donors (Lipinski definition) is 0. The van der Waals surface area contributed by atoms with Gasteiger partial charge in [-0.3, -0.25) is 15.0 Å². The lowest BCUT2D eigenvalue weighted by molar-refractivity contribution is -0.383. The van der Waals surface area contributed by atoms with Crippen LogP contribution in [0.25, 0.3) is 0 Å². The third-order valence-corrected chi connectivity index (χ3v) is 6.65. The number of piperazine rings is 1. The lowest BCUT2D eigenvalue weighted by atomic mass is 9.96. The Morgan fingerprint density at radius 2 is 1.35 bits per heavy atom. The molecule has 0 unspecified atom stereocenters. The monoisotopic (exact) mass is 502 g/mol. The maximum Gasteiger partial charge on any atom is 0.353 e. The summed E-state index contributed by atoms with van der Waals surface area (Å²) in [5.74, 6) is 1.55. The Hall–Kier alpha value is -3.52. The second-order valence-corrected chi connectivity index (χ2v) is 10.6. The molecule has 0 saturated carbocycles. The Morgan fingerprint density at radius 1 is 0.838 bits per heavy atom. The maximum atomic E-state index is 12.4. The summed E-state index contributed by atoms with van der Waals surface area (Å²) in [5, 5.41) is 12.4. The van der Waals surface area contributed by atoms with E-state index in [1.165, 1.54) is 17.5 Å². The average Bonchev–Trinajstić information content (AvgIpc) is 2.89. The van der Waals surface area contributed by atoms with Crippen molar-refractivity contribution in [2.24, 2.45) is 11.8 Å². The molecular formula is C29H38N6O2. The van der Waals surface area contributed by atoms with Gasteiger partial charge >= 0.3 is 5.69 Å². The molecule has 196 valence electrons.